The molecule has 1 saturated heterocycles. The van der Waals surface area contributed by atoms with Gasteiger partial charge in [-0.25, -0.2) is 0 Å². The summed E-state index contributed by atoms with van der Waals surface area (Å²) in [4.78, 5) is 6.80. The van der Waals surface area contributed by atoms with Crippen LogP contribution in [-0.2, 0) is 0 Å². The van der Waals surface area contributed by atoms with Gasteiger partial charge in [-0.3, -0.25) is 9.88 Å². The lowest BCUT2D eigenvalue weighted by Crippen LogP contribution is -2.41. The molecular formula is C15H24BrN3. The predicted octanol–water partition coefficient (Wildman–Crippen LogP) is 3.23. The molecule has 0 bridgehead atoms. The zero-order valence-corrected chi connectivity index (χ0v) is 13.7. The SMILES string of the molecule is CC(C)NCC1CCCN(C)C1c1cncc(Br)c1. The highest BCUT2D eigenvalue weighted by Gasteiger charge is 2.30. The van der Waals surface area contributed by atoms with Crippen molar-refractivity contribution in [2.75, 3.05) is 20.1 Å². The second kappa shape index (κ2) is 6.82. The Morgan fingerprint density at radius 2 is 2.26 bits per heavy atom. The van der Waals surface area contributed by atoms with Crippen molar-refractivity contribution < 1.29 is 0 Å². The van der Waals surface area contributed by atoms with E-state index < -0.39 is 0 Å². The topological polar surface area (TPSA) is 28.2 Å². The van der Waals surface area contributed by atoms with Gasteiger partial charge in [-0.2, -0.15) is 0 Å². The molecule has 19 heavy (non-hydrogen) atoms. The first-order valence-corrected chi connectivity index (χ1v) is 7.91. The molecule has 2 atom stereocenters. The molecule has 3 nitrogen and oxygen atoms in total. The Morgan fingerprint density at radius 1 is 1.47 bits per heavy atom. The molecular weight excluding hydrogens is 302 g/mol. The minimum absolute atomic E-state index is 0.477. The summed E-state index contributed by atoms with van der Waals surface area (Å²) in [5.74, 6) is 0.664. The summed E-state index contributed by atoms with van der Waals surface area (Å²) in [6.07, 6.45) is 6.45. The van der Waals surface area contributed by atoms with Gasteiger partial charge in [-0.05, 0) is 59.9 Å². The van der Waals surface area contributed by atoms with Gasteiger partial charge in [-0.1, -0.05) is 13.8 Å². The van der Waals surface area contributed by atoms with Gasteiger partial charge in [0.15, 0.2) is 0 Å². The van der Waals surface area contributed by atoms with Crippen LogP contribution in [0.15, 0.2) is 22.9 Å². The number of nitrogens with one attached hydrogen (secondary N) is 1. The van der Waals surface area contributed by atoms with Crippen molar-refractivity contribution in [1.82, 2.24) is 15.2 Å². The van der Waals surface area contributed by atoms with Crippen LogP contribution in [0.3, 0.4) is 0 Å². The van der Waals surface area contributed by atoms with Crippen molar-refractivity contribution in [3.63, 3.8) is 0 Å². The van der Waals surface area contributed by atoms with Crippen molar-refractivity contribution >= 4 is 15.9 Å². The molecule has 0 amide bonds. The number of likely N-dealkylation sites (tertiary alicyclic amines) is 1. The molecule has 1 aromatic heterocycles. The molecule has 0 saturated carbocycles. The van der Waals surface area contributed by atoms with Crippen molar-refractivity contribution in [2.45, 2.75) is 38.8 Å². The molecule has 0 aliphatic carbocycles. The Hall–Kier alpha value is -0.450. The Bertz CT molecular complexity index is 408. The molecule has 106 valence electrons. The third kappa shape index (κ3) is 4.01. The maximum Gasteiger partial charge on any atom is 0.0410 e. The van der Waals surface area contributed by atoms with E-state index in [4.69, 9.17) is 0 Å². The zero-order chi connectivity index (χ0) is 13.8. The van der Waals surface area contributed by atoms with E-state index in [0.717, 1.165) is 11.0 Å². The van der Waals surface area contributed by atoms with Crippen molar-refractivity contribution in [1.29, 1.82) is 0 Å². The number of nitrogens with zero attached hydrogens (tertiary/aromatic N) is 2. The van der Waals surface area contributed by atoms with Crippen molar-refractivity contribution in [2.24, 2.45) is 5.92 Å². The standard InChI is InChI=1S/C15H24BrN3/c1-11(2)18-9-12-5-4-6-19(3)15(12)13-7-14(16)10-17-8-13/h7-8,10-12,15,18H,4-6,9H2,1-3H3. The van der Waals surface area contributed by atoms with Crippen LogP contribution in [0, 0.1) is 5.92 Å². The van der Waals surface area contributed by atoms with Gasteiger partial charge in [-0.15, -0.1) is 0 Å². The second-order valence-corrected chi connectivity index (χ2v) is 6.74. The van der Waals surface area contributed by atoms with E-state index in [-0.39, 0.29) is 0 Å². The summed E-state index contributed by atoms with van der Waals surface area (Å²) in [6, 6.07) is 3.24. The highest BCUT2D eigenvalue weighted by Crippen LogP contribution is 2.35. The largest absolute Gasteiger partial charge is 0.314 e. The monoisotopic (exact) mass is 325 g/mol. The summed E-state index contributed by atoms with van der Waals surface area (Å²) in [7, 11) is 2.23. The molecule has 2 rings (SSSR count). The van der Waals surface area contributed by atoms with Gasteiger partial charge in [0.2, 0.25) is 0 Å². The van der Waals surface area contributed by atoms with Crippen LogP contribution in [0.5, 0.6) is 0 Å². The van der Waals surface area contributed by atoms with Gasteiger partial charge >= 0.3 is 0 Å². The third-order valence-electron chi connectivity index (χ3n) is 3.86. The van der Waals surface area contributed by atoms with Crippen LogP contribution < -0.4 is 5.32 Å². The quantitative estimate of drug-likeness (QED) is 0.921. The number of piperidine rings is 1. The number of hydrogen-bond acceptors (Lipinski definition) is 3. The molecule has 0 aromatic carbocycles. The minimum atomic E-state index is 0.477. The van der Waals surface area contributed by atoms with Crippen LogP contribution in [0.25, 0.3) is 0 Å². The summed E-state index contributed by atoms with van der Waals surface area (Å²) in [5.41, 5.74) is 1.33. The molecule has 4 heteroatoms. The predicted molar refractivity (Wildman–Crippen MR) is 83.2 cm³/mol. The molecule has 0 spiro atoms. The molecule has 1 N–H and O–H groups in total. The maximum absolute atomic E-state index is 4.33. The number of rotatable bonds is 4. The second-order valence-electron chi connectivity index (χ2n) is 5.83. The fourth-order valence-electron chi connectivity index (χ4n) is 2.98. The first-order valence-electron chi connectivity index (χ1n) is 7.12. The fourth-order valence-corrected chi connectivity index (χ4v) is 3.36. The number of hydrogen-bond donors (Lipinski definition) is 1. The Balaban J connectivity index is 2.16. The van der Waals surface area contributed by atoms with E-state index in [2.05, 4.69) is 58.1 Å². The lowest BCUT2D eigenvalue weighted by molar-refractivity contribution is 0.118. The van der Waals surface area contributed by atoms with Gasteiger partial charge in [0.1, 0.15) is 0 Å². The average Bonchev–Trinajstić information content (AvgIpc) is 2.36. The van der Waals surface area contributed by atoms with Gasteiger partial charge in [0, 0.05) is 35.5 Å². The van der Waals surface area contributed by atoms with Gasteiger partial charge < -0.3 is 5.32 Å². The van der Waals surface area contributed by atoms with Crippen LogP contribution in [-0.4, -0.2) is 36.1 Å². The Labute approximate surface area is 124 Å². The summed E-state index contributed by atoms with van der Waals surface area (Å²) >= 11 is 3.53. The average molecular weight is 326 g/mol. The molecule has 2 heterocycles. The van der Waals surface area contributed by atoms with Crippen LogP contribution in [0.4, 0.5) is 0 Å². The normalized spacial score (nSPS) is 24.9. The van der Waals surface area contributed by atoms with Crippen LogP contribution in [0.1, 0.15) is 38.3 Å². The molecule has 2 unspecified atom stereocenters. The fraction of sp³-hybridized carbons (Fsp3) is 0.667. The molecule has 0 radical (unpaired) electrons. The Morgan fingerprint density at radius 3 is 2.95 bits per heavy atom. The van der Waals surface area contributed by atoms with Crippen LogP contribution >= 0.6 is 15.9 Å². The van der Waals surface area contributed by atoms with E-state index >= 15 is 0 Å². The smallest absolute Gasteiger partial charge is 0.0410 e. The van der Waals surface area contributed by atoms with E-state index in [0.29, 0.717) is 18.0 Å². The molecule has 1 aliphatic rings. The minimum Gasteiger partial charge on any atom is -0.314 e. The summed E-state index contributed by atoms with van der Waals surface area (Å²) in [6.45, 7) is 6.68. The van der Waals surface area contributed by atoms with E-state index in [1.54, 1.807) is 0 Å². The number of pyridine rings is 1. The first kappa shape index (κ1) is 14.9. The molecule has 1 fully saturated rings. The lowest BCUT2D eigenvalue weighted by atomic mass is 9.85. The van der Waals surface area contributed by atoms with E-state index in [1.807, 2.05) is 12.4 Å². The highest BCUT2D eigenvalue weighted by molar-refractivity contribution is 9.10. The summed E-state index contributed by atoms with van der Waals surface area (Å²) in [5, 5.41) is 3.59. The van der Waals surface area contributed by atoms with Gasteiger partial charge in [0.05, 0.1) is 0 Å². The maximum atomic E-state index is 4.33. The Kier molecular flexibility index (Phi) is 5.37. The molecule has 1 aromatic rings. The highest BCUT2D eigenvalue weighted by atomic mass is 79.9. The number of aromatic nitrogens is 1. The molecule has 1 aliphatic heterocycles. The lowest BCUT2D eigenvalue weighted by Gasteiger charge is -2.40. The zero-order valence-electron chi connectivity index (χ0n) is 12.1. The number of halogens is 1. The summed E-state index contributed by atoms with van der Waals surface area (Å²) < 4.78 is 1.07. The first-order chi connectivity index (χ1) is 9.08. The van der Waals surface area contributed by atoms with Gasteiger partial charge in [0.25, 0.3) is 0 Å². The third-order valence-corrected chi connectivity index (χ3v) is 4.30. The van der Waals surface area contributed by atoms with Crippen molar-refractivity contribution in [3.05, 3.63) is 28.5 Å². The van der Waals surface area contributed by atoms with E-state index in [1.165, 1.54) is 24.9 Å². The van der Waals surface area contributed by atoms with E-state index in [9.17, 15) is 0 Å². The van der Waals surface area contributed by atoms with Crippen molar-refractivity contribution in [3.8, 4) is 0 Å². The van der Waals surface area contributed by atoms with Crippen LogP contribution in [0.2, 0.25) is 0 Å².